The summed E-state index contributed by atoms with van der Waals surface area (Å²) in [6.45, 7) is 1.56. The lowest BCUT2D eigenvalue weighted by molar-refractivity contribution is -0.384. The Morgan fingerprint density at radius 3 is 2.52 bits per heavy atom. The smallest absolute Gasteiger partial charge is 0.292 e. The Morgan fingerprint density at radius 1 is 1.14 bits per heavy atom. The average Bonchev–Trinajstić information content (AvgIpc) is 2.77. The number of piperidine rings is 1. The van der Waals surface area contributed by atoms with Crippen molar-refractivity contribution < 1.29 is 19.2 Å². The second kappa shape index (κ2) is 9.27. The molecule has 154 valence electrons. The SMILES string of the molecule is COc1cccc(CNC(=O)C2CCN(c3ccccc3[N+](=O)[O-])CC2)c1OC. The van der Waals surface area contributed by atoms with Crippen LogP contribution in [0.25, 0.3) is 0 Å². The van der Waals surface area contributed by atoms with Crippen molar-refractivity contribution in [3.8, 4) is 11.5 Å². The first-order valence-corrected chi connectivity index (χ1v) is 9.51. The van der Waals surface area contributed by atoms with Gasteiger partial charge in [-0.15, -0.1) is 0 Å². The lowest BCUT2D eigenvalue weighted by Gasteiger charge is -2.32. The van der Waals surface area contributed by atoms with Crippen LogP contribution in [0.5, 0.6) is 11.5 Å². The number of nitro groups is 1. The van der Waals surface area contributed by atoms with Gasteiger partial charge in [-0.1, -0.05) is 24.3 Å². The van der Waals surface area contributed by atoms with Gasteiger partial charge >= 0.3 is 0 Å². The van der Waals surface area contributed by atoms with E-state index in [0.29, 0.717) is 49.7 Å². The zero-order valence-electron chi connectivity index (χ0n) is 16.6. The molecule has 0 radical (unpaired) electrons. The van der Waals surface area contributed by atoms with Gasteiger partial charge in [0.15, 0.2) is 11.5 Å². The number of methoxy groups -OCH3 is 2. The molecule has 0 bridgehead atoms. The van der Waals surface area contributed by atoms with Gasteiger partial charge in [-0.25, -0.2) is 0 Å². The summed E-state index contributed by atoms with van der Waals surface area (Å²) in [6.07, 6.45) is 1.29. The van der Waals surface area contributed by atoms with Crippen LogP contribution in [0.1, 0.15) is 18.4 Å². The number of para-hydroxylation sites is 3. The molecule has 1 aliphatic heterocycles. The molecule has 3 rings (SSSR count). The second-order valence-electron chi connectivity index (χ2n) is 6.88. The van der Waals surface area contributed by atoms with Crippen molar-refractivity contribution in [2.45, 2.75) is 19.4 Å². The third-order valence-electron chi connectivity index (χ3n) is 5.22. The zero-order chi connectivity index (χ0) is 20.8. The highest BCUT2D eigenvalue weighted by molar-refractivity contribution is 5.79. The van der Waals surface area contributed by atoms with Crippen molar-refractivity contribution in [1.82, 2.24) is 5.32 Å². The molecule has 0 saturated carbocycles. The van der Waals surface area contributed by atoms with Gasteiger partial charge in [-0.3, -0.25) is 14.9 Å². The number of nitrogens with zero attached hydrogens (tertiary/aromatic N) is 2. The molecule has 0 spiro atoms. The van der Waals surface area contributed by atoms with E-state index in [1.807, 2.05) is 23.1 Å². The van der Waals surface area contributed by atoms with Crippen LogP contribution in [0.2, 0.25) is 0 Å². The molecular weight excluding hydrogens is 374 g/mol. The summed E-state index contributed by atoms with van der Waals surface area (Å²) in [4.78, 5) is 25.5. The molecule has 0 aliphatic carbocycles. The maximum absolute atomic E-state index is 12.6. The molecule has 1 fully saturated rings. The van der Waals surface area contributed by atoms with Gasteiger partial charge in [0.2, 0.25) is 5.91 Å². The molecule has 1 amide bonds. The molecule has 2 aromatic rings. The summed E-state index contributed by atoms with van der Waals surface area (Å²) in [5.41, 5.74) is 1.55. The first kappa shape index (κ1) is 20.4. The van der Waals surface area contributed by atoms with E-state index < -0.39 is 0 Å². The van der Waals surface area contributed by atoms with Crippen molar-refractivity contribution in [3.05, 3.63) is 58.1 Å². The van der Waals surface area contributed by atoms with Crippen LogP contribution in [-0.2, 0) is 11.3 Å². The zero-order valence-corrected chi connectivity index (χ0v) is 16.6. The normalized spacial score (nSPS) is 14.3. The van der Waals surface area contributed by atoms with E-state index in [1.54, 1.807) is 32.4 Å². The summed E-state index contributed by atoms with van der Waals surface area (Å²) in [6, 6.07) is 12.3. The summed E-state index contributed by atoms with van der Waals surface area (Å²) in [5, 5.41) is 14.2. The fourth-order valence-corrected chi connectivity index (χ4v) is 3.69. The Balaban J connectivity index is 1.58. The van der Waals surface area contributed by atoms with Crippen LogP contribution in [0.4, 0.5) is 11.4 Å². The van der Waals surface area contributed by atoms with Crippen LogP contribution in [0.15, 0.2) is 42.5 Å². The van der Waals surface area contributed by atoms with E-state index in [1.165, 1.54) is 6.07 Å². The van der Waals surface area contributed by atoms with E-state index in [2.05, 4.69) is 5.32 Å². The molecule has 0 unspecified atom stereocenters. The van der Waals surface area contributed by atoms with Gasteiger partial charge in [0, 0.05) is 37.2 Å². The number of nitrogens with one attached hydrogen (secondary N) is 1. The van der Waals surface area contributed by atoms with Crippen molar-refractivity contribution in [2.75, 3.05) is 32.2 Å². The van der Waals surface area contributed by atoms with Gasteiger partial charge in [0.1, 0.15) is 5.69 Å². The second-order valence-corrected chi connectivity index (χ2v) is 6.88. The predicted octanol–water partition coefficient (Wildman–Crippen LogP) is 3.14. The topological polar surface area (TPSA) is 93.9 Å². The third-order valence-corrected chi connectivity index (χ3v) is 5.22. The van der Waals surface area contributed by atoms with E-state index in [-0.39, 0.29) is 22.4 Å². The number of hydrogen-bond acceptors (Lipinski definition) is 6. The minimum atomic E-state index is -0.365. The van der Waals surface area contributed by atoms with Crippen molar-refractivity contribution in [1.29, 1.82) is 0 Å². The van der Waals surface area contributed by atoms with E-state index in [9.17, 15) is 14.9 Å². The number of anilines is 1. The predicted molar refractivity (Wildman–Crippen MR) is 109 cm³/mol. The number of nitro benzene ring substituents is 1. The molecule has 8 nitrogen and oxygen atoms in total. The summed E-state index contributed by atoms with van der Waals surface area (Å²) in [7, 11) is 3.15. The van der Waals surface area contributed by atoms with Gasteiger partial charge < -0.3 is 19.7 Å². The molecule has 1 N–H and O–H groups in total. The average molecular weight is 399 g/mol. The Bertz CT molecular complexity index is 878. The molecule has 2 aromatic carbocycles. The Labute approximate surface area is 169 Å². The largest absolute Gasteiger partial charge is 0.493 e. The summed E-state index contributed by atoms with van der Waals surface area (Å²) < 4.78 is 10.7. The molecule has 8 heteroatoms. The standard InChI is InChI=1S/C21H25N3O5/c1-28-19-9-5-6-16(20(19)29-2)14-22-21(25)15-10-12-23(13-11-15)17-7-3-4-8-18(17)24(26)27/h3-9,15H,10-14H2,1-2H3,(H,22,25). The summed E-state index contributed by atoms with van der Waals surface area (Å²) >= 11 is 0. The highest BCUT2D eigenvalue weighted by atomic mass is 16.6. The fraction of sp³-hybridized carbons (Fsp3) is 0.381. The van der Waals surface area contributed by atoms with Gasteiger partial charge in [-0.05, 0) is 25.0 Å². The molecule has 0 aromatic heterocycles. The monoisotopic (exact) mass is 399 g/mol. The number of rotatable bonds is 7. The van der Waals surface area contributed by atoms with E-state index in [4.69, 9.17) is 9.47 Å². The van der Waals surface area contributed by atoms with Gasteiger partial charge in [-0.2, -0.15) is 0 Å². The van der Waals surface area contributed by atoms with Crippen molar-refractivity contribution in [2.24, 2.45) is 5.92 Å². The molecule has 1 aliphatic rings. The number of ether oxygens (including phenoxy) is 2. The number of carbonyl (C=O) groups is 1. The van der Waals surface area contributed by atoms with Crippen LogP contribution in [0, 0.1) is 16.0 Å². The van der Waals surface area contributed by atoms with Crippen LogP contribution in [0.3, 0.4) is 0 Å². The minimum absolute atomic E-state index is 0.0166. The Hall–Kier alpha value is -3.29. The number of hydrogen-bond donors (Lipinski definition) is 1. The number of benzene rings is 2. The third kappa shape index (κ3) is 4.59. The highest BCUT2D eigenvalue weighted by Gasteiger charge is 2.28. The van der Waals surface area contributed by atoms with Crippen LogP contribution >= 0.6 is 0 Å². The summed E-state index contributed by atoms with van der Waals surface area (Å²) in [5.74, 6) is 1.10. The first-order chi connectivity index (χ1) is 14.0. The Kier molecular flexibility index (Phi) is 6.54. The first-order valence-electron chi connectivity index (χ1n) is 9.51. The fourth-order valence-electron chi connectivity index (χ4n) is 3.69. The van der Waals surface area contributed by atoms with E-state index in [0.717, 1.165) is 5.56 Å². The lowest BCUT2D eigenvalue weighted by atomic mass is 9.95. The maximum Gasteiger partial charge on any atom is 0.292 e. The maximum atomic E-state index is 12.6. The van der Waals surface area contributed by atoms with Crippen molar-refractivity contribution in [3.63, 3.8) is 0 Å². The van der Waals surface area contributed by atoms with E-state index >= 15 is 0 Å². The molecule has 29 heavy (non-hydrogen) atoms. The molecule has 0 atom stereocenters. The minimum Gasteiger partial charge on any atom is -0.493 e. The van der Waals surface area contributed by atoms with Gasteiger partial charge in [0.25, 0.3) is 5.69 Å². The van der Waals surface area contributed by atoms with Crippen LogP contribution in [-0.4, -0.2) is 38.1 Å². The lowest BCUT2D eigenvalue weighted by Crippen LogP contribution is -2.40. The highest BCUT2D eigenvalue weighted by Crippen LogP contribution is 2.32. The number of carbonyl (C=O) groups excluding carboxylic acids is 1. The van der Waals surface area contributed by atoms with Crippen molar-refractivity contribution >= 4 is 17.3 Å². The molecule has 1 saturated heterocycles. The van der Waals surface area contributed by atoms with Crippen LogP contribution < -0.4 is 19.7 Å². The Morgan fingerprint density at radius 2 is 1.86 bits per heavy atom. The van der Waals surface area contributed by atoms with Gasteiger partial charge in [0.05, 0.1) is 19.1 Å². The molecular formula is C21H25N3O5. The molecule has 1 heterocycles. The quantitative estimate of drug-likeness (QED) is 0.568. The number of amides is 1.